The van der Waals surface area contributed by atoms with E-state index < -0.39 is 20.0 Å². The van der Waals surface area contributed by atoms with E-state index >= 15 is 0 Å². The standard InChI is InChI=1S/C29H55N2O6P/c1-6-8-10-12-14-15-17-18-20-22-28(32)27(26-37-38(34,35)36-25-24-31(3,4)5)30-29(33)23-21-19-16-13-11-9-7-2/h6,8,14-15,20,22,27-28,32H,7,9-13,16-19,21,23-26H2,1-5H3,(H-,30,33,34,35)/p+1/b8-6+,15-14+,22-20+. The van der Waals surface area contributed by atoms with E-state index in [1.165, 1.54) is 25.7 Å². The van der Waals surface area contributed by atoms with E-state index in [1.54, 1.807) is 6.08 Å². The molecule has 222 valence electrons. The summed E-state index contributed by atoms with van der Waals surface area (Å²) in [4.78, 5) is 22.6. The second-order valence-corrected chi connectivity index (χ2v) is 12.2. The summed E-state index contributed by atoms with van der Waals surface area (Å²) in [5.74, 6) is -0.206. The van der Waals surface area contributed by atoms with E-state index in [1.807, 2.05) is 40.2 Å². The number of aliphatic hydroxyl groups is 1. The van der Waals surface area contributed by atoms with Gasteiger partial charge in [-0.2, -0.15) is 0 Å². The number of carbonyl (C=O) groups excluding carboxylic acids is 1. The van der Waals surface area contributed by atoms with E-state index in [4.69, 9.17) is 9.05 Å². The Kier molecular flexibility index (Phi) is 21.8. The quantitative estimate of drug-likeness (QED) is 0.0575. The van der Waals surface area contributed by atoms with Crippen LogP contribution in [-0.2, 0) is 18.4 Å². The summed E-state index contributed by atoms with van der Waals surface area (Å²) in [5, 5.41) is 13.5. The van der Waals surface area contributed by atoms with Gasteiger partial charge in [0.15, 0.2) is 0 Å². The lowest BCUT2D eigenvalue weighted by Gasteiger charge is -2.25. The number of phosphoric acid groups is 1. The van der Waals surface area contributed by atoms with Crippen molar-refractivity contribution in [3.05, 3.63) is 36.5 Å². The Balaban J connectivity index is 4.80. The largest absolute Gasteiger partial charge is 0.472 e. The maximum atomic E-state index is 12.5. The smallest absolute Gasteiger partial charge is 0.387 e. The van der Waals surface area contributed by atoms with Gasteiger partial charge in [0.25, 0.3) is 0 Å². The lowest BCUT2D eigenvalue weighted by molar-refractivity contribution is -0.870. The number of carbonyl (C=O) groups is 1. The first-order valence-electron chi connectivity index (χ1n) is 14.3. The minimum atomic E-state index is -4.32. The Labute approximate surface area is 232 Å². The van der Waals surface area contributed by atoms with Crippen LogP contribution in [0.5, 0.6) is 0 Å². The van der Waals surface area contributed by atoms with Crippen molar-refractivity contribution in [3.63, 3.8) is 0 Å². The summed E-state index contributed by atoms with van der Waals surface area (Å²) >= 11 is 0. The van der Waals surface area contributed by atoms with Gasteiger partial charge in [-0.05, 0) is 39.0 Å². The molecule has 0 spiro atoms. The van der Waals surface area contributed by atoms with Gasteiger partial charge in [0.1, 0.15) is 13.2 Å². The minimum absolute atomic E-state index is 0.0528. The third-order valence-electron chi connectivity index (χ3n) is 5.94. The van der Waals surface area contributed by atoms with Gasteiger partial charge in [0.2, 0.25) is 5.91 Å². The van der Waals surface area contributed by atoms with Crippen molar-refractivity contribution in [2.24, 2.45) is 0 Å². The molecule has 3 atom stereocenters. The molecule has 38 heavy (non-hydrogen) atoms. The molecule has 0 aliphatic heterocycles. The third-order valence-corrected chi connectivity index (χ3v) is 6.92. The number of hydrogen-bond donors (Lipinski definition) is 3. The number of likely N-dealkylation sites (N-methyl/N-ethyl adjacent to an activating group) is 1. The predicted octanol–water partition coefficient (Wildman–Crippen LogP) is 6.06. The van der Waals surface area contributed by atoms with E-state index in [2.05, 4.69) is 30.5 Å². The number of allylic oxidation sites excluding steroid dienone is 5. The van der Waals surface area contributed by atoms with Crippen LogP contribution in [0, 0.1) is 0 Å². The number of phosphoric ester groups is 1. The zero-order chi connectivity index (χ0) is 28.7. The van der Waals surface area contributed by atoms with E-state index in [-0.39, 0.29) is 19.1 Å². The summed E-state index contributed by atoms with van der Waals surface area (Å²) in [6.07, 6.45) is 22.5. The molecule has 0 aromatic carbocycles. The first kappa shape index (κ1) is 36.7. The van der Waals surface area contributed by atoms with Crippen LogP contribution >= 0.6 is 7.82 Å². The lowest BCUT2D eigenvalue weighted by atomic mass is 10.1. The predicted molar refractivity (Wildman–Crippen MR) is 157 cm³/mol. The molecular formula is C29H56N2O6P+. The first-order valence-corrected chi connectivity index (χ1v) is 15.8. The molecule has 0 radical (unpaired) electrons. The Morgan fingerprint density at radius 2 is 1.50 bits per heavy atom. The first-order chi connectivity index (χ1) is 18.0. The molecule has 0 bridgehead atoms. The van der Waals surface area contributed by atoms with Gasteiger partial charge in [-0.15, -0.1) is 0 Å². The van der Waals surface area contributed by atoms with Crippen LogP contribution in [0.4, 0.5) is 0 Å². The molecule has 1 amide bonds. The molecule has 3 N–H and O–H groups in total. The van der Waals surface area contributed by atoms with Gasteiger partial charge >= 0.3 is 7.82 Å². The molecule has 0 fully saturated rings. The SMILES string of the molecule is C/C=C/CC/C=C/CC/C=C/C(O)C(COP(=O)(O)OCC[N+](C)(C)C)NC(=O)CCCCCCCCC. The average Bonchev–Trinajstić information content (AvgIpc) is 2.84. The number of unbranched alkanes of at least 4 members (excludes halogenated alkanes) is 8. The highest BCUT2D eigenvalue weighted by Gasteiger charge is 2.27. The minimum Gasteiger partial charge on any atom is -0.387 e. The number of nitrogens with zero attached hydrogens (tertiary/aromatic N) is 1. The van der Waals surface area contributed by atoms with E-state index in [0.29, 0.717) is 17.4 Å². The molecule has 9 heteroatoms. The number of hydrogen-bond acceptors (Lipinski definition) is 5. The lowest BCUT2D eigenvalue weighted by Crippen LogP contribution is -2.45. The second-order valence-electron chi connectivity index (χ2n) is 10.8. The second kappa shape index (κ2) is 22.5. The Hall–Kier alpha value is -1.28. The number of amides is 1. The zero-order valence-electron chi connectivity index (χ0n) is 24.6. The van der Waals surface area contributed by atoms with Crippen LogP contribution in [0.1, 0.15) is 90.9 Å². The number of rotatable bonds is 24. The van der Waals surface area contributed by atoms with Crippen molar-refractivity contribution in [3.8, 4) is 0 Å². The van der Waals surface area contributed by atoms with Crippen molar-refractivity contribution in [2.45, 2.75) is 103 Å². The van der Waals surface area contributed by atoms with Crippen molar-refractivity contribution in [2.75, 3.05) is 40.9 Å². The Morgan fingerprint density at radius 1 is 0.921 bits per heavy atom. The maximum Gasteiger partial charge on any atom is 0.472 e. The van der Waals surface area contributed by atoms with Crippen LogP contribution in [0.3, 0.4) is 0 Å². The van der Waals surface area contributed by atoms with Crippen molar-refractivity contribution in [1.29, 1.82) is 0 Å². The van der Waals surface area contributed by atoms with Gasteiger partial charge in [-0.3, -0.25) is 13.8 Å². The van der Waals surface area contributed by atoms with Crippen LogP contribution in [0.2, 0.25) is 0 Å². The number of nitrogens with one attached hydrogen (secondary N) is 1. The van der Waals surface area contributed by atoms with Crippen molar-refractivity contribution in [1.82, 2.24) is 5.32 Å². The zero-order valence-corrected chi connectivity index (χ0v) is 25.5. The molecule has 8 nitrogen and oxygen atoms in total. The third kappa shape index (κ3) is 23.8. The van der Waals surface area contributed by atoms with Gasteiger partial charge in [0, 0.05) is 6.42 Å². The molecule has 3 unspecified atom stereocenters. The fraction of sp³-hybridized carbons (Fsp3) is 0.759. The number of quaternary nitrogens is 1. The summed E-state index contributed by atoms with van der Waals surface area (Å²) < 4.78 is 23.1. The van der Waals surface area contributed by atoms with E-state index in [0.717, 1.165) is 44.9 Å². The molecule has 0 aromatic heterocycles. The summed E-state index contributed by atoms with van der Waals surface area (Å²) in [6.45, 7) is 4.44. The van der Waals surface area contributed by atoms with Gasteiger partial charge in [0.05, 0.1) is 39.9 Å². The summed E-state index contributed by atoms with van der Waals surface area (Å²) in [7, 11) is 1.53. The van der Waals surface area contributed by atoms with Crippen molar-refractivity contribution < 1.29 is 32.9 Å². The molecule has 0 aliphatic carbocycles. The van der Waals surface area contributed by atoms with Gasteiger partial charge < -0.3 is 19.8 Å². The highest BCUT2D eigenvalue weighted by atomic mass is 31.2. The summed E-state index contributed by atoms with van der Waals surface area (Å²) in [5.41, 5.74) is 0. The van der Waals surface area contributed by atoms with Crippen LogP contribution in [0.25, 0.3) is 0 Å². The van der Waals surface area contributed by atoms with Crippen LogP contribution < -0.4 is 5.32 Å². The maximum absolute atomic E-state index is 12.5. The fourth-order valence-electron chi connectivity index (χ4n) is 3.55. The monoisotopic (exact) mass is 559 g/mol. The molecule has 0 rings (SSSR count). The molecule has 0 saturated carbocycles. The highest BCUT2D eigenvalue weighted by Crippen LogP contribution is 2.43. The average molecular weight is 560 g/mol. The molecule has 0 aliphatic rings. The number of aliphatic hydroxyl groups excluding tert-OH is 1. The fourth-order valence-corrected chi connectivity index (χ4v) is 4.28. The molecular weight excluding hydrogens is 503 g/mol. The van der Waals surface area contributed by atoms with Crippen LogP contribution in [-0.4, -0.2) is 73.4 Å². The van der Waals surface area contributed by atoms with Gasteiger partial charge in [-0.25, -0.2) is 4.57 Å². The topological polar surface area (TPSA) is 105 Å². The molecule has 0 heterocycles. The Morgan fingerprint density at radius 3 is 2.11 bits per heavy atom. The van der Waals surface area contributed by atoms with Gasteiger partial charge in [-0.1, -0.05) is 81.9 Å². The van der Waals surface area contributed by atoms with Crippen molar-refractivity contribution >= 4 is 13.7 Å². The normalized spacial score (nSPS) is 15.9. The Bertz CT molecular complexity index is 733. The van der Waals surface area contributed by atoms with Crippen LogP contribution in [0.15, 0.2) is 36.5 Å². The molecule has 0 aromatic rings. The van der Waals surface area contributed by atoms with E-state index in [9.17, 15) is 19.4 Å². The summed E-state index contributed by atoms with van der Waals surface area (Å²) in [6, 6.07) is -0.859. The molecule has 0 saturated heterocycles. The highest BCUT2D eigenvalue weighted by molar-refractivity contribution is 7.47.